The lowest BCUT2D eigenvalue weighted by Crippen LogP contribution is -2.28. The summed E-state index contributed by atoms with van der Waals surface area (Å²) in [7, 11) is 0. The van der Waals surface area contributed by atoms with Crippen LogP contribution in [-0.4, -0.2) is 35.3 Å². The van der Waals surface area contributed by atoms with Crippen molar-refractivity contribution in [3.63, 3.8) is 0 Å². The van der Waals surface area contributed by atoms with Crippen molar-refractivity contribution in [2.24, 2.45) is 0 Å². The first-order chi connectivity index (χ1) is 13.9. The molecular formula is C22H26N2O5. The first-order valence-corrected chi connectivity index (χ1v) is 9.63. The molecule has 0 aliphatic carbocycles. The average Bonchev–Trinajstić information content (AvgIpc) is 2.72. The van der Waals surface area contributed by atoms with Gasteiger partial charge in [-0.2, -0.15) is 5.26 Å². The highest BCUT2D eigenvalue weighted by atomic mass is 16.5. The van der Waals surface area contributed by atoms with E-state index in [1.54, 1.807) is 12.1 Å². The number of rotatable bonds is 10. The molecule has 1 aromatic heterocycles. The lowest BCUT2D eigenvalue weighted by atomic mass is 10.0. The zero-order valence-electron chi connectivity index (χ0n) is 17.0. The van der Waals surface area contributed by atoms with Gasteiger partial charge in [-0.25, -0.2) is 0 Å². The van der Waals surface area contributed by atoms with E-state index in [-0.39, 0.29) is 29.8 Å². The summed E-state index contributed by atoms with van der Waals surface area (Å²) in [4.78, 5) is 25.3. The van der Waals surface area contributed by atoms with Gasteiger partial charge in [-0.1, -0.05) is 19.1 Å². The third-order valence-corrected chi connectivity index (χ3v) is 4.65. The van der Waals surface area contributed by atoms with Crippen LogP contribution in [0.3, 0.4) is 0 Å². The predicted octanol–water partition coefficient (Wildman–Crippen LogP) is 2.98. The molecule has 0 unspecified atom stereocenters. The van der Waals surface area contributed by atoms with Gasteiger partial charge in [0.2, 0.25) is 11.7 Å². The summed E-state index contributed by atoms with van der Waals surface area (Å²) in [5.74, 6) is -0.425. The van der Waals surface area contributed by atoms with E-state index in [9.17, 15) is 20.0 Å². The molecule has 7 heteroatoms. The van der Waals surface area contributed by atoms with Crippen LogP contribution >= 0.6 is 0 Å². The summed E-state index contributed by atoms with van der Waals surface area (Å²) in [6.45, 7) is 6.14. The van der Waals surface area contributed by atoms with Crippen LogP contribution in [0, 0.1) is 18.3 Å². The van der Waals surface area contributed by atoms with Crippen LogP contribution in [0.5, 0.6) is 11.6 Å². The molecule has 0 spiro atoms. The molecule has 0 aliphatic heterocycles. The number of aryl methyl sites for hydroxylation is 1. The number of ether oxygens (including phenoxy) is 2. The number of aromatic hydroxyl groups is 1. The molecule has 0 aliphatic rings. The summed E-state index contributed by atoms with van der Waals surface area (Å²) >= 11 is 0. The lowest BCUT2D eigenvalue weighted by Gasteiger charge is -2.16. The number of carbonyl (C=O) groups is 1. The third-order valence-electron chi connectivity index (χ3n) is 4.65. The summed E-state index contributed by atoms with van der Waals surface area (Å²) in [5.41, 5.74) is 0.463. The van der Waals surface area contributed by atoms with Crippen molar-refractivity contribution in [2.75, 3.05) is 19.8 Å². The molecule has 1 aromatic carbocycles. The monoisotopic (exact) mass is 398 g/mol. The van der Waals surface area contributed by atoms with Gasteiger partial charge in [0, 0.05) is 19.8 Å². The highest BCUT2D eigenvalue weighted by Gasteiger charge is 2.24. The van der Waals surface area contributed by atoms with Crippen molar-refractivity contribution < 1.29 is 19.4 Å². The van der Waals surface area contributed by atoms with Crippen molar-refractivity contribution in [3.05, 3.63) is 56.9 Å². The molecule has 0 bridgehead atoms. The number of Topliss-reactive ketones (excluding diaryl/α,β-unsaturated/α-hetero) is 1. The van der Waals surface area contributed by atoms with Crippen molar-refractivity contribution in [3.8, 4) is 17.7 Å². The summed E-state index contributed by atoms with van der Waals surface area (Å²) in [6.07, 6.45) is 1.36. The van der Waals surface area contributed by atoms with Crippen molar-refractivity contribution in [1.29, 1.82) is 5.26 Å². The highest BCUT2D eigenvalue weighted by molar-refractivity contribution is 6.01. The van der Waals surface area contributed by atoms with Crippen LogP contribution in [0.2, 0.25) is 0 Å². The average molecular weight is 398 g/mol. The molecular weight excluding hydrogens is 372 g/mol. The molecule has 0 radical (unpaired) electrons. The van der Waals surface area contributed by atoms with E-state index in [2.05, 4.69) is 0 Å². The van der Waals surface area contributed by atoms with Gasteiger partial charge in [-0.3, -0.25) is 14.2 Å². The van der Waals surface area contributed by atoms with E-state index in [0.717, 1.165) is 16.6 Å². The molecule has 0 saturated heterocycles. The second-order valence-corrected chi connectivity index (χ2v) is 6.53. The maximum atomic E-state index is 12.8. The zero-order valence-corrected chi connectivity index (χ0v) is 17.0. The van der Waals surface area contributed by atoms with Gasteiger partial charge in [0.1, 0.15) is 17.4 Å². The van der Waals surface area contributed by atoms with Crippen molar-refractivity contribution in [2.45, 2.75) is 40.2 Å². The number of benzene rings is 1. The van der Waals surface area contributed by atoms with Crippen molar-refractivity contribution in [1.82, 2.24) is 4.57 Å². The molecule has 2 aromatic rings. The Morgan fingerprint density at radius 1 is 1.24 bits per heavy atom. The number of nitrogens with zero attached hydrogens (tertiary/aromatic N) is 2. The minimum Gasteiger partial charge on any atom is -0.494 e. The van der Waals surface area contributed by atoms with Gasteiger partial charge in [0.25, 0.3) is 5.56 Å². The smallest absolute Gasteiger partial charge is 0.271 e. The van der Waals surface area contributed by atoms with Crippen LogP contribution < -0.4 is 10.3 Å². The normalized spacial score (nSPS) is 10.6. The minimum absolute atomic E-state index is 0.0669. The van der Waals surface area contributed by atoms with E-state index in [4.69, 9.17) is 9.47 Å². The molecule has 1 N–H and O–H groups in total. The first kappa shape index (κ1) is 22.2. The fraction of sp³-hybridized carbons (Fsp3) is 0.409. The minimum atomic E-state index is -0.619. The van der Waals surface area contributed by atoms with Crippen LogP contribution in [0.1, 0.15) is 47.3 Å². The Morgan fingerprint density at radius 2 is 1.93 bits per heavy atom. The molecule has 0 saturated carbocycles. The maximum Gasteiger partial charge on any atom is 0.271 e. The fourth-order valence-corrected chi connectivity index (χ4v) is 3.00. The Balaban J connectivity index is 2.28. The van der Waals surface area contributed by atoms with E-state index in [1.807, 2.05) is 32.0 Å². The summed E-state index contributed by atoms with van der Waals surface area (Å²) in [6, 6.07) is 9.21. The van der Waals surface area contributed by atoms with E-state index >= 15 is 0 Å². The summed E-state index contributed by atoms with van der Waals surface area (Å²) < 4.78 is 11.8. The van der Waals surface area contributed by atoms with Crippen LogP contribution in [0.15, 0.2) is 29.1 Å². The van der Waals surface area contributed by atoms with Gasteiger partial charge in [-0.05, 0) is 49.9 Å². The van der Waals surface area contributed by atoms with E-state index < -0.39 is 17.2 Å². The van der Waals surface area contributed by atoms with Gasteiger partial charge in [-0.15, -0.1) is 0 Å². The van der Waals surface area contributed by atoms with Gasteiger partial charge in [0.05, 0.1) is 5.56 Å². The second-order valence-electron chi connectivity index (χ2n) is 6.53. The molecule has 0 fully saturated rings. The number of hydrogen-bond acceptors (Lipinski definition) is 6. The largest absolute Gasteiger partial charge is 0.494 e. The molecule has 0 amide bonds. The number of nitriles is 1. The summed E-state index contributed by atoms with van der Waals surface area (Å²) in [5, 5.41) is 20.0. The molecule has 2 rings (SSSR count). The highest BCUT2D eigenvalue weighted by Crippen LogP contribution is 2.23. The Kier molecular flexibility index (Phi) is 7.98. The number of pyridine rings is 1. The SMILES string of the molecule is CCOCCCn1c(O)c(C(=O)COc2ccc(CC)cc2)c(C)c(C#N)c1=O. The number of carbonyl (C=O) groups excluding carboxylic acids is 1. The van der Waals surface area contributed by atoms with Gasteiger partial charge in [0.15, 0.2) is 6.61 Å². The Labute approximate surface area is 170 Å². The number of hydrogen-bond donors (Lipinski definition) is 1. The number of aromatic nitrogens is 1. The Hall–Kier alpha value is -3.11. The standard InChI is InChI=1S/C22H26N2O5/c1-4-16-7-9-17(10-8-16)29-14-19(25)20-15(3)18(13-23)21(26)24(22(20)27)11-6-12-28-5-2/h7-10,27H,4-6,11-12,14H2,1-3H3. The fourth-order valence-electron chi connectivity index (χ4n) is 3.00. The van der Waals surface area contributed by atoms with Crippen LogP contribution in [0.25, 0.3) is 0 Å². The van der Waals surface area contributed by atoms with Gasteiger partial charge < -0.3 is 14.6 Å². The molecule has 29 heavy (non-hydrogen) atoms. The topological polar surface area (TPSA) is 102 Å². The molecule has 154 valence electrons. The quantitative estimate of drug-likeness (QED) is 0.488. The predicted molar refractivity (Wildman–Crippen MR) is 109 cm³/mol. The van der Waals surface area contributed by atoms with Crippen LogP contribution in [-0.2, 0) is 17.7 Å². The molecule has 0 atom stereocenters. The number of ketones is 1. The second kappa shape index (κ2) is 10.4. The Morgan fingerprint density at radius 3 is 2.52 bits per heavy atom. The van der Waals surface area contributed by atoms with E-state index in [1.165, 1.54) is 6.92 Å². The van der Waals surface area contributed by atoms with Crippen molar-refractivity contribution >= 4 is 5.78 Å². The van der Waals surface area contributed by atoms with Crippen LogP contribution in [0.4, 0.5) is 0 Å². The molecule has 7 nitrogen and oxygen atoms in total. The van der Waals surface area contributed by atoms with E-state index in [0.29, 0.717) is 25.4 Å². The third kappa shape index (κ3) is 5.24. The first-order valence-electron chi connectivity index (χ1n) is 9.63. The van der Waals surface area contributed by atoms with Gasteiger partial charge >= 0.3 is 0 Å². The lowest BCUT2D eigenvalue weighted by molar-refractivity contribution is 0.0916. The zero-order chi connectivity index (χ0) is 21.4. The maximum absolute atomic E-state index is 12.8. The Bertz CT molecular complexity index is 955. The molecule has 1 heterocycles.